The van der Waals surface area contributed by atoms with Crippen LogP contribution in [0.1, 0.15) is 19.8 Å². The lowest BCUT2D eigenvalue weighted by molar-refractivity contribution is -0.117. The summed E-state index contributed by atoms with van der Waals surface area (Å²) < 4.78 is 36.1. The highest BCUT2D eigenvalue weighted by molar-refractivity contribution is 7.87. The maximum atomic E-state index is 12.9. The van der Waals surface area contributed by atoms with E-state index in [1.807, 2.05) is 6.92 Å². The first-order chi connectivity index (χ1) is 8.41. The van der Waals surface area contributed by atoms with E-state index < -0.39 is 21.4 Å². The molecular formula is C10H14FN3O3S. The van der Waals surface area contributed by atoms with E-state index in [-0.39, 0.29) is 13.0 Å². The molecule has 0 spiro atoms. The number of halogens is 1. The van der Waals surface area contributed by atoms with Crippen LogP contribution in [-0.4, -0.2) is 35.9 Å². The predicted octanol–water partition coefficient (Wildman–Crippen LogP) is 0.698. The summed E-state index contributed by atoms with van der Waals surface area (Å²) in [5.74, 6) is -0.391. The number of rotatable bonds is 4. The Balaban J connectivity index is 2.16. The lowest BCUT2D eigenvalue weighted by Gasteiger charge is -2.12. The fourth-order valence-electron chi connectivity index (χ4n) is 1.96. The summed E-state index contributed by atoms with van der Waals surface area (Å²) in [4.78, 5) is 12.9. The van der Waals surface area contributed by atoms with Gasteiger partial charge in [0.2, 0.25) is 5.91 Å². The number of nitrogens with zero attached hydrogens (tertiary/aromatic N) is 3. The minimum Gasteiger partial charge on any atom is -0.308 e. The van der Waals surface area contributed by atoms with Gasteiger partial charge in [0.1, 0.15) is 5.25 Å². The first-order valence-corrected chi connectivity index (χ1v) is 7.12. The Bertz CT molecular complexity index is 554. The van der Waals surface area contributed by atoms with Crippen LogP contribution in [0.3, 0.4) is 0 Å². The van der Waals surface area contributed by atoms with Crippen LogP contribution in [0, 0.1) is 0 Å². The SMILES string of the molecule is CCCn1cc(N2CC(S(=O)(=O)F)CC2=O)cn1. The molecule has 2 heterocycles. The van der Waals surface area contributed by atoms with Crippen LogP contribution in [-0.2, 0) is 21.6 Å². The van der Waals surface area contributed by atoms with Crippen LogP contribution >= 0.6 is 0 Å². The average Bonchev–Trinajstić information content (AvgIpc) is 2.84. The van der Waals surface area contributed by atoms with Gasteiger partial charge in [0.05, 0.1) is 11.9 Å². The van der Waals surface area contributed by atoms with Crippen molar-refractivity contribution < 1.29 is 17.1 Å². The van der Waals surface area contributed by atoms with Gasteiger partial charge in [-0.3, -0.25) is 9.48 Å². The van der Waals surface area contributed by atoms with E-state index in [1.54, 1.807) is 10.9 Å². The number of carbonyl (C=O) groups is 1. The van der Waals surface area contributed by atoms with Crippen LogP contribution in [0.2, 0.25) is 0 Å². The Morgan fingerprint density at radius 1 is 1.56 bits per heavy atom. The summed E-state index contributed by atoms with van der Waals surface area (Å²) >= 11 is 0. The van der Waals surface area contributed by atoms with Crippen molar-refractivity contribution in [3.05, 3.63) is 12.4 Å². The molecule has 0 aromatic carbocycles. The molecule has 6 nitrogen and oxygen atoms in total. The molecule has 0 saturated carbocycles. The minimum absolute atomic E-state index is 0.143. The molecule has 0 bridgehead atoms. The molecule has 8 heteroatoms. The van der Waals surface area contributed by atoms with Crippen LogP contribution in [0.25, 0.3) is 0 Å². The summed E-state index contributed by atoms with van der Waals surface area (Å²) in [5, 5.41) is 2.79. The second-order valence-electron chi connectivity index (χ2n) is 4.27. The lowest BCUT2D eigenvalue weighted by Crippen LogP contribution is -2.26. The molecule has 1 aliphatic rings. The van der Waals surface area contributed by atoms with Crippen LogP contribution in [0.5, 0.6) is 0 Å². The van der Waals surface area contributed by atoms with Crippen molar-refractivity contribution in [2.45, 2.75) is 31.6 Å². The monoisotopic (exact) mass is 275 g/mol. The molecule has 1 fully saturated rings. The van der Waals surface area contributed by atoms with Crippen molar-refractivity contribution in [1.82, 2.24) is 9.78 Å². The highest BCUT2D eigenvalue weighted by Gasteiger charge is 2.39. The number of hydrogen-bond donors (Lipinski definition) is 0. The molecular weight excluding hydrogens is 261 g/mol. The maximum absolute atomic E-state index is 12.9. The van der Waals surface area contributed by atoms with Crippen molar-refractivity contribution in [3.63, 3.8) is 0 Å². The number of anilines is 1. The molecule has 0 aliphatic carbocycles. The molecule has 1 aliphatic heterocycles. The zero-order chi connectivity index (χ0) is 13.3. The Hall–Kier alpha value is -1.44. The zero-order valence-electron chi connectivity index (χ0n) is 9.91. The molecule has 2 rings (SSSR count). The van der Waals surface area contributed by atoms with Crippen molar-refractivity contribution >= 4 is 21.8 Å². The van der Waals surface area contributed by atoms with Crippen molar-refractivity contribution in [2.75, 3.05) is 11.4 Å². The van der Waals surface area contributed by atoms with Gasteiger partial charge < -0.3 is 4.90 Å². The third-order valence-corrected chi connectivity index (χ3v) is 3.98. The van der Waals surface area contributed by atoms with Gasteiger partial charge >= 0.3 is 10.2 Å². The first kappa shape index (κ1) is 13.0. The fourth-order valence-corrected chi connectivity index (χ4v) is 2.63. The molecule has 1 saturated heterocycles. The van der Waals surface area contributed by atoms with Gasteiger partial charge in [-0.2, -0.15) is 13.5 Å². The topological polar surface area (TPSA) is 72.3 Å². The largest absolute Gasteiger partial charge is 0.308 e. The van der Waals surface area contributed by atoms with Crippen LogP contribution in [0.4, 0.5) is 9.57 Å². The molecule has 0 N–H and O–H groups in total. The Labute approximate surface area is 105 Å². The summed E-state index contributed by atoms with van der Waals surface area (Å²) in [6.07, 6.45) is 3.74. The van der Waals surface area contributed by atoms with E-state index in [2.05, 4.69) is 5.10 Å². The molecule has 1 aromatic rings. The highest BCUT2D eigenvalue weighted by atomic mass is 32.3. The smallest absolute Gasteiger partial charge is 0.307 e. The molecule has 100 valence electrons. The number of aryl methyl sites for hydroxylation is 1. The highest BCUT2D eigenvalue weighted by Crippen LogP contribution is 2.25. The van der Waals surface area contributed by atoms with E-state index in [1.165, 1.54) is 11.1 Å². The summed E-state index contributed by atoms with van der Waals surface area (Å²) in [5.41, 5.74) is 0.514. The summed E-state index contributed by atoms with van der Waals surface area (Å²) in [6, 6.07) is 0. The van der Waals surface area contributed by atoms with Crippen LogP contribution < -0.4 is 4.90 Å². The van der Waals surface area contributed by atoms with Crippen molar-refractivity contribution in [2.24, 2.45) is 0 Å². The Morgan fingerprint density at radius 3 is 2.83 bits per heavy atom. The minimum atomic E-state index is -4.67. The zero-order valence-corrected chi connectivity index (χ0v) is 10.7. The normalized spacial score (nSPS) is 20.7. The number of amides is 1. The van der Waals surface area contributed by atoms with Crippen molar-refractivity contribution in [3.8, 4) is 0 Å². The van der Waals surface area contributed by atoms with E-state index in [0.29, 0.717) is 12.2 Å². The molecule has 1 amide bonds. The Kier molecular flexibility index (Phi) is 3.38. The maximum Gasteiger partial charge on any atom is 0.307 e. The first-order valence-electron chi connectivity index (χ1n) is 5.68. The molecule has 0 radical (unpaired) electrons. The van der Waals surface area contributed by atoms with Gasteiger partial charge in [-0.15, -0.1) is 3.89 Å². The van der Waals surface area contributed by atoms with Gasteiger partial charge in [0, 0.05) is 25.7 Å². The molecule has 1 aromatic heterocycles. The van der Waals surface area contributed by atoms with Crippen LogP contribution in [0.15, 0.2) is 12.4 Å². The summed E-state index contributed by atoms with van der Waals surface area (Å²) in [6.45, 7) is 2.57. The van der Waals surface area contributed by atoms with Gasteiger partial charge in [-0.1, -0.05) is 6.92 Å². The second-order valence-corrected chi connectivity index (χ2v) is 5.89. The average molecular weight is 275 g/mol. The quantitative estimate of drug-likeness (QED) is 0.758. The molecule has 1 atom stereocenters. The number of aromatic nitrogens is 2. The number of hydrogen-bond acceptors (Lipinski definition) is 4. The molecule has 18 heavy (non-hydrogen) atoms. The van der Waals surface area contributed by atoms with Gasteiger partial charge in [-0.05, 0) is 6.42 Å². The van der Waals surface area contributed by atoms with E-state index >= 15 is 0 Å². The third-order valence-electron chi connectivity index (χ3n) is 2.87. The lowest BCUT2D eigenvalue weighted by atomic mass is 10.4. The third kappa shape index (κ3) is 2.53. The number of carbonyl (C=O) groups excluding carboxylic acids is 1. The van der Waals surface area contributed by atoms with Gasteiger partial charge in [0.15, 0.2) is 0 Å². The van der Waals surface area contributed by atoms with Gasteiger partial charge in [0.25, 0.3) is 0 Å². The van der Waals surface area contributed by atoms with Crippen molar-refractivity contribution in [1.29, 1.82) is 0 Å². The predicted molar refractivity (Wildman–Crippen MR) is 63.3 cm³/mol. The second kappa shape index (κ2) is 4.68. The fraction of sp³-hybridized carbons (Fsp3) is 0.600. The van der Waals surface area contributed by atoms with E-state index in [9.17, 15) is 17.1 Å². The summed E-state index contributed by atoms with van der Waals surface area (Å²) in [7, 11) is -4.67. The molecule has 1 unspecified atom stereocenters. The van der Waals surface area contributed by atoms with E-state index in [4.69, 9.17) is 0 Å². The Morgan fingerprint density at radius 2 is 2.28 bits per heavy atom. The van der Waals surface area contributed by atoms with E-state index in [0.717, 1.165) is 6.42 Å². The standard InChI is InChI=1S/C10H14FN3O3S/c1-2-3-13-6-8(5-12-13)14-7-9(4-10(14)15)18(11,16)17/h5-6,9H,2-4,7H2,1H3. The van der Waals surface area contributed by atoms with Gasteiger partial charge in [-0.25, -0.2) is 0 Å².